The van der Waals surface area contributed by atoms with Crippen molar-refractivity contribution in [3.63, 3.8) is 0 Å². The van der Waals surface area contributed by atoms with Gasteiger partial charge in [0, 0.05) is 7.11 Å². The van der Waals surface area contributed by atoms with E-state index in [9.17, 15) is 8.42 Å². The second-order valence-corrected chi connectivity index (χ2v) is 4.39. The van der Waals surface area contributed by atoms with Crippen molar-refractivity contribution in [3.8, 4) is 0 Å². The van der Waals surface area contributed by atoms with Crippen molar-refractivity contribution >= 4 is 10.0 Å². The van der Waals surface area contributed by atoms with Crippen molar-refractivity contribution in [1.82, 2.24) is 25.3 Å². The number of rotatable bonds is 6. The van der Waals surface area contributed by atoms with E-state index in [0.717, 1.165) is 0 Å². The Hall–Kier alpha value is -1.06. The van der Waals surface area contributed by atoms with E-state index in [1.807, 2.05) is 0 Å². The van der Waals surface area contributed by atoms with Gasteiger partial charge in [-0.15, -0.1) is 10.2 Å². The Morgan fingerprint density at radius 1 is 1.57 bits per heavy atom. The minimum atomic E-state index is -3.32. The predicted molar refractivity (Wildman–Crippen MR) is 46.7 cm³/mol. The van der Waals surface area contributed by atoms with Crippen molar-refractivity contribution in [2.75, 3.05) is 19.5 Å². The first-order chi connectivity index (χ1) is 6.64. The molecular formula is C5H11N5O3S. The first-order valence-corrected chi connectivity index (χ1v) is 5.48. The Morgan fingerprint density at radius 3 is 2.93 bits per heavy atom. The lowest BCUT2D eigenvalue weighted by atomic mass is 10.7. The van der Waals surface area contributed by atoms with Gasteiger partial charge >= 0.3 is 0 Å². The minimum Gasteiger partial charge on any atom is -0.384 e. The number of aromatic nitrogens is 4. The minimum absolute atomic E-state index is 0.0303. The fraction of sp³-hybridized carbons (Fsp3) is 0.800. The summed E-state index contributed by atoms with van der Waals surface area (Å²) in [6.45, 7) is 0.185. The van der Waals surface area contributed by atoms with Crippen LogP contribution in [0, 0.1) is 0 Å². The van der Waals surface area contributed by atoms with Gasteiger partial charge in [-0.25, -0.2) is 13.1 Å². The number of nitrogens with zero attached hydrogens (tertiary/aromatic N) is 3. The summed E-state index contributed by atoms with van der Waals surface area (Å²) in [6, 6.07) is 0. The molecule has 0 spiro atoms. The maximum Gasteiger partial charge on any atom is 0.214 e. The molecule has 0 bridgehead atoms. The maximum absolute atomic E-state index is 11.2. The first-order valence-electron chi connectivity index (χ1n) is 3.82. The Balaban J connectivity index is 2.37. The molecule has 80 valence electrons. The van der Waals surface area contributed by atoms with Crippen LogP contribution in [-0.4, -0.2) is 48.5 Å². The molecular weight excluding hydrogens is 210 g/mol. The molecule has 0 aliphatic heterocycles. The summed E-state index contributed by atoms with van der Waals surface area (Å²) in [5, 5.41) is 12.7. The molecule has 1 heterocycles. The van der Waals surface area contributed by atoms with Crippen LogP contribution in [0.2, 0.25) is 0 Å². The smallest absolute Gasteiger partial charge is 0.214 e. The highest BCUT2D eigenvalue weighted by molar-refractivity contribution is 7.89. The van der Waals surface area contributed by atoms with Crippen LogP contribution in [0.15, 0.2) is 0 Å². The normalized spacial score (nSPS) is 11.8. The number of aromatic amines is 1. The maximum atomic E-state index is 11.2. The van der Waals surface area contributed by atoms with Gasteiger partial charge in [0.2, 0.25) is 10.0 Å². The topological polar surface area (TPSA) is 110 Å². The Kier molecular flexibility index (Phi) is 3.92. The average molecular weight is 221 g/mol. The molecule has 0 unspecified atom stereocenters. The molecule has 9 heteroatoms. The van der Waals surface area contributed by atoms with E-state index < -0.39 is 10.0 Å². The van der Waals surface area contributed by atoms with Crippen molar-refractivity contribution in [1.29, 1.82) is 0 Å². The molecule has 0 saturated carbocycles. The summed E-state index contributed by atoms with van der Waals surface area (Å²) in [6.07, 6.45) is 0. The van der Waals surface area contributed by atoms with Gasteiger partial charge < -0.3 is 4.74 Å². The molecule has 14 heavy (non-hydrogen) atoms. The summed E-state index contributed by atoms with van der Waals surface area (Å²) >= 11 is 0. The van der Waals surface area contributed by atoms with E-state index in [4.69, 9.17) is 0 Å². The average Bonchev–Trinajstić information content (AvgIpc) is 2.64. The second kappa shape index (κ2) is 4.98. The molecule has 8 nitrogen and oxygen atoms in total. The number of tetrazole rings is 1. The summed E-state index contributed by atoms with van der Waals surface area (Å²) in [4.78, 5) is 0. The van der Waals surface area contributed by atoms with Crippen molar-refractivity contribution < 1.29 is 13.2 Å². The van der Waals surface area contributed by atoms with E-state index >= 15 is 0 Å². The third kappa shape index (κ3) is 3.77. The van der Waals surface area contributed by atoms with Gasteiger partial charge in [0.05, 0.1) is 18.9 Å². The van der Waals surface area contributed by atoms with Crippen LogP contribution in [-0.2, 0) is 21.3 Å². The van der Waals surface area contributed by atoms with Crippen LogP contribution in [0.4, 0.5) is 0 Å². The molecule has 0 aliphatic carbocycles. The van der Waals surface area contributed by atoms with Crippen LogP contribution in [0.5, 0.6) is 0 Å². The Morgan fingerprint density at radius 2 is 2.36 bits per heavy atom. The molecule has 0 radical (unpaired) electrons. The fourth-order valence-corrected chi connectivity index (χ4v) is 1.58. The molecule has 1 aromatic rings. The van der Waals surface area contributed by atoms with Crippen molar-refractivity contribution in [2.24, 2.45) is 0 Å². The largest absolute Gasteiger partial charge is 0.384 e. The molecule has 0 aliphatic rings. The SMILES string of the molecule is COCCS(=O)(=O)NCc1nn[nH]n1. The zero-order valence-electron chi connectivity index (χ0n) is 7.60. The number of H-pyrrole nitrogens is 1. The zero-order valence-corrected chi connectivity index (χ0v) is 8.41. The molecule has 0 fully saturated rings. The van der Waals surface area contributed by atoms with Crippen LogP contribution < -0.4 is 4.72 Å². The van der Waals surface area contributed by atoms with E-state index in [-0.39, 0.29) is 18.9 Å². The fourth-order valence-electron chi connectivity index (χ4n) is 0.697. The highest BCUT2D eigenvalue weighted by Gasteiger charge is 2.10. The van der Waals surface area contributed by atoms with E-state index in [2.05, 4.69) is 30.1 Å². The molecule has 2 N–H and O–H groups in total. The Labute approximate surface area is 81.1 Å². The van der Waals surface area contributed by atoms with Gasteiger partial charge in [0.25, 0.3) is 0 Å². The van der Waals surface area contributed by atoms with E-state index in [0.29, 0.717) is 5.82 Å². The number of hydrogen-bond donors (Lipinski definition) is 2. The standard InChI is InChI=1S/C5H11N5O3S/c1-13-2-3-14(11,12)6-4-5-7-9-10-8-5/h6H,2-4H2,1H3,(H,7,8,9,10). The first kappa shape index (κ1) is 11.0. The van der Waals surface area contributed by atoms with Crippen molar-refractivity contribution in [2.45, 2.75) is 6.54 Å². The molecule has 0 atom stereocenters. The molecule has 0 saturated heterocycles. The quantitative estimate of drug-likeness (QED) is 0.590. The third-order valence-corrected chi connectivity index (χ3v) is 2.68. The lowest BCUT2D eigenvalue weighted by Crippen LogP contribution is -2.28. The van der Waals surface area contributed by atoms with Crippen LogP contribution in [0.25, 0.3) is 0 Å². The van der Waals surface area contributed by atoms with E-state index in [1.54, 1.807) is 0 Å². The summed E-state index contributed by atoms with van der Waals surface area (Å²) in [5.74, 6) is 0.215. The highest BCUT2D eigenvalue weighted by atomic mass is 32.2. The Bertz CT molecular complexity index is 347. The van der Waals surface area contributed by atoms with Gasteiger partial charge in [-0.3, -0.25) is 0 Å². The van der Waals surface area contributed by atoms with Gasteiger partial charge in [0.15, 0.2) is 5.82 Å². The molecule has 1 rings (SSSR count). The van der Waals surface area contributed by atoms with Crippen LogP contribution >= 0.6 is 0 Å². The van der Waals surface area contributed by atoms with Crippen LogP contribution in [0.1, 0.15) is 5.82 Å². The molecule has 0 aromatic carbocycles. The van der Waals surface area contributed by atoms with E-state index in [1.165, 1.54) is 7.11 Å². The zero-order chi connectivity index (χ0) is 10.4. The highest BCUT2D eigenvalue weighted by Crippen LogP contribution is 1.88. The lowest BCUT2D eigenvalue weighted by molar-refractivity contribution is 0.217. The van der Waals surface area contributed by atoms with Crippen molar-refractivity contribution in [3.05, 3.63) is 5.82 Å². The summed E-state index contributed by atoms with van der Waals surface area (Å²) in [5.41, 5.74) is 0. The van der Waals surface area contributed by atoms with Gasteiger partial charge in [-0.1, -0.05) is 5.21 Å². The summed E-state index contributed by atoms with van der Waals surface area (Å²) in [7, 11) is -1.88. The predicted octanol–water partition coefficient (Wildman–Crippen LogP) is -1.73. The van der Waals surface area contributed by atoms with Gasteiger partial charge in [-0.05, 0) is 0 Å². The van der Waals surface area contributed by atoms with Gasteiger partial charge in [-0.2, -0.15) is 5.21 Å². The number of nitrogens with one attached hydrogen (secondary N) is 2. The third-order valence-electron chi connectivity index (χ3n) is 1.40. The number of methoxy groups -OCH3 is 1. The van der Waals surface area contributed by atoms with Crippen LogP contribution in [0.3, 0.4) is 0 Å². The van der Waals surface area contributed by atoms with Gasteiger partial charge in [0.1, 0.15) is 0 Å². The lowest BCUT2D eigenvalue weighted by Gasteiger charge is -2.02. The molecule has 0 amide bonds. The summed E-state index contributed by atoms with van der Waals surface area (Å²) < 4.78 is 29.4. The number of sulfonamides is 1. The number of ether oxygens (including phenoxy) is 1. The number of hydrogen-bond acceptors (Lipinski definition) is 6. The monoisotopic (exact) mass is 221 g/mol. The second-order valence-electron chi connectivity index (χ2n) is 2.46. The molecule has 1 aromatic heterocycles.